The molecular weight excluding hydrogens is 346 g/mol. The van der Waals surface area contributed by atoms with E-state index in [2.05, 4.69) is 15.6 Å². The molecule has 2 fully saturated rings. The average molecular weight is 384 g/mol. The third kappa shape index (κ3) is 8.47. The number of nitrogens with one attached hydrogen (secondary N) is 2. The predicted molar refractivity (Wildman–Crippen MR) is 106 cm³/mol. The molecule has 156 valence electrons. The number of aliphatic imine (C=N–C) groups is 1. The van der Waals surface area contributed by atoms with Crippen LogP contribution in [0.25, 0.3) is 0 Å². The van der Waals surface area contributed by atoms with Crippen molar-refractivity contribution < 1.29 is 19.0 Å². The molecule has 1 aliphatic heterocycles. The molecule has 0 bridgehead atoms. The van der Waals surface area contributed by atoms with Crippen molar-refractivity contribution in [1.29, 1.82) is 0 Å². The minimum absolute atomic E-state index is 0.0424. The monoisotopic (exact) mass is 383 g/mol. The van der Waals surface area contributed by atoms with Crippen molar-refractivity contribution in [3.05, 3.63) is 0 Å². The van der Waals surface area contributed by atoms with Gasteiger partial charge >= 0.3 is 5.97 Å². The molecule has 1 aliphatic carbocycles. The Hall–Kier alpha value is -1.34. The lowest BCUT2D eigenvalue weighted by Gasteiger charge is -2.29. The van der Waals surface area contributed by atoms with Crippen molar-refractivity contribution in [2.45, 2.75) is 57.9 Å². The van der Waals surface area contributed by atoms with E-state index in [9.17, 15) is 4.79 Å². The zero-order chi connectivity index (χ0) is 19.3. The first kappa shape index (κ1) is 22.0. The van der Waals surface area contributed by atoms with E-state index in [1.807, 2.05) is 6.92 Å². The maximum Gasteiger partial charge on any atom is 0.308 e. The molecule has 1 saturated carbocycles. The molecule has 1 heterocycles. The zero-order valence-corrected chi connectivity index (χ0v) is 17.0. The lowest BCUT2D eigenvalue weighted by atomic mass is 9.86. The Kier molecular flexibility index (Phi) is 10.5. The van der Waals surface area contributed by atoms with Crippen LogP contribution >= 0.6 is 0 Å². The number of guanidine groups is 1. The molecule has 0 radical (unpaired) electrons. The number of carbonyl (C=O) groups excluding carboxylic acids is 1. The van der Waals surface area contributed by atoms with Crippen LogP contribution in [0.5, 0.6) is 0 Å². The summed E-state index contributed by atoms with van der Waals surface area (Å²) in [5, 5.41) is 6.83. The molecule has 1 saturated heterocycles. The Morgan fingerprint density at radius 1 is 1.15 bits per heavy atom. The van der Waals surface area contributed by atoms with Crippen LogP contribution < -0.4 is 10.6 Å². The Morgan fingerprint density at radius 2 is 1.89 bits per heavy atom. The van der Waals surface area contributed by atoms with E-state index >= 15 is 0 Å². The molecule has 7 heteroatoms. The third-order valence-corrected chi connectivity index (χ3v) is 5.36. The van der Waals surface area contributed by atoms with Gasteiger partial charge in [-0.15, -0.1) is 0 Å². The summed E-state index contributed by atoms with van der Waals surface area (Å²) < 4.78 is 16.3. The number of hydrogen-bond acceptors (Lipinski definition) is 5. The van der Waals surface area contributed by atoms with Gasteiger partial charge in [0.1, 0.15) is 0 Å². The Balaban J connectivity index is 1.52. The van der Waals surface area contributed by atoms with Gasteiger partial charge in [0.25, 0.3) is 0 Å². The van der Waals surface area contributed by atoms with E-state index in [1.165, 1.54) is 0 Å². The third-order valence-electron chi connectivity index (χ3n) is 5.36. The number of hydrogen-bond donors (Lipinski definition) is 2. The lowest BCUT2D eigenvalue weighted by molar-refractivity contribution is -0.149. The normalized spacial score (nSPS) is 24.4. The Bertz CT molecular complexity index is 445. The van der Waals surface area contributed by atoms with Crippen LogP contribution in [0.1, 0.15) is 51.9 Å². The van der Waals surface area contributed by atoms with Gasteiger partial charge < -0.3 is 24.8 Å². The van der Waals surface area contributed by atoms with Crippen LogP contribution in [0.3, 0.4) is 0 Å². The van der Waals surface area contributed by atoms with Gasteiger partial charge in [-0.3, -0.25) is 9.79 Å². The standard InChI is InChI=1S/C20H37N3O4/c1-3-27-19(24)17-5-7-18(8-6-17)23-20(21-2)22-11-4-12-26-15-16-9-13-25-14-10-16/h16-18H,3-15H2,1-2H3,(H2,21,22,23). The van der Waals surface area contributed by atoms with Crippen LogP contribution in [-0.4, -0.2) is 64.6 Å². The predicted octanol–water partition coefficient (Wildman–Crippen LogP) is 2.11. The summed E-state index contributed by atoms with van der Waals surface area (Å²) in [7, 11) is 1.79. The van der Waals surface area contributed by atoms with E-state index in [4.69, 9.17) is 14.2 Å². The van der Waals surface area contributed by atoms with Gasteiger partial charge in [-0.2, -0.15) is 0 Å². The van der Waals surface area contributed by atoms with Crippen LogP contribution in [-0.2, 0) is 19.0 Å². The highest BCUT2D eigenvalue weighted by Crippen LogP contribution is 2.25. The summed E-state index contributed by atoms with van der Waals surface area (Å²) in [5.74, 6) is 1.51. The second kappa shape index (κ2) is 12.9. The average Bonchev–Trinajstić information content (AvgIpc) is 2.71. The Labute approximate surface area is 163 Å². The summed E-state index contributed by atoms with van der Waals surface area (Å²) in [6, 6.07) is 0.367. The summed E-state index contributed by atoms with van der Waals surface area (Å²) in [5.41, 5.74) is 0. The minimum atomic E-state index is -0.0424. The molecule has 0 atom stereocenters. The van der Waals surface area contributed by atoms with Crippen molar-refractivity contribution in [3.8, 4) is 0 Å². The second-order valence-corrected chi connectivity index (χ2v) is 7.43. The van der Waals surface area contributed by atoms with Gasteiger partial charge in [0, 0.05) is 46.1 Å². The molecule has 2 rings (SSSR count). The van der Waals surface area contributed by atoms with Gasteiger partial charge in [0.05, 0.1) is 12.5 Å². The minimum Gasteiger partial charge on any atom is -0.466 e. The summed E-state index contributed by atoms with van der Waals surface area (Å²) in [6.45, 7) is 6.53. The first-order valence-corrected chi connectivity index (χ1v) is 10.5. The molecule has 2 N–H and O–H groups in total. The maximum absolute atomic E-state index is 11.8. The van der Waals surface area contributed by atoms with E-state index in [0.717, 1.165) is 83.9 Å². The first-order valence-electron chi connectivity index (χ1n) is 10.5. The van der Waals surface area contributed by atoms with E-state index in [0.29, 0.717) is 18.6 Å². The lowest BCUT2D eigenvalue weighted by Crippen LogP contribution is -2.45. The van der Waals surface area contributed by atoms with Gasteiger partial charge in [-0.1, -0.05) is 0 Å². The largest absolute Gasteiger partial charge is 0.466 e. The molecule has 0 spiro atoms. The molecule has 0 unspecified atom stereocenters. The summed E-state index contributed by atoms with van der Waals surface area (Å²) in [4.78, 5) is 16.1. The Morgan fingerprint density at radius 3 is 2.56 bits per heavy atom. The smallest absolute Gasteiger partial charge is 0.308 e. The molecule has 27 heavy (non-hydrogen) atoms. The number of esters is 1. The highest BCUT2D eigenvalue weighted by Gasteiger charge is 2.27. The molecule has 0 aromatic carbocycles. The van der Waals surface area contributed by atoms with Gasteiger partial charge in [-0.25, -0.2) is 0 Å². The van der Waals surface area contributed by atoms with Crippen molar-refractivity contribution >= 4 is 11.9 Å². The molecular formula is C20H37N3O4. The van der Waals surface area contributed by atoms with Crippen molar-refractivity contribution in [1.82, 2.24) is 10.6 Å². The van der Waals surface area contributed by atoms with E-state index < -0.39 is 0 Å². The number of carbonyl (C=O) groups is 1. The molecule has 0 aromatic heterocycles. The fourth-order valence-corrected chi connectivity index (χ4v) is 3.67. The van der Waals surface area contributed by atoms with E-state index in [1.54, 1.807) is 7.05 Å². The quantitative estimate of drug-likeness (QED) is 0.275. The van der Waals surface area contributed by atoms with Gasteiger partial charge in [0.2, 0.25) is 0 Å². The van der Waals surface area contributed by atoms with Gasteiger partial charge in [0.15, 0.2) is 5.96 Å². The van der Waals surface area contributed by atoms with Crippen LogP contribution in [0.2, 0.25) is 0 Å². The highest BCUT2D eigenvalue weighted by atomic mass is 16.5. The highest BCUT2D eigenvalue weighted by molar-refractivity contribution is 5.80. The topological polar surface area (TPSA) is 81.2 Å². The number of nitrogens with zero attached hydrogens (tertiary/aromatic N) is 1. The fourth-order valence-electron chi connectivity index (χ4n) is 3.67. The first-order chi connectivity index (χ1) is 13.2. The molecule has 0 aromatic rings. The molecule has 7 nitrogen and oxygen atoms in total. The second-order valence-electron chi connectivity index (χ2n) is 7.43. The van der Waals surface area contributed by atoms with Crippen LogP contribution in [0, 0.1) is 11.8 Å². The summed E-state index contributed by atoms with van der Waals surface area (Å²) in [6.07, 6.45) is 6.90. The van der Waals surface area contributed by atoms with Crippen molar-refractivity contribution in [2.24, 2.45) is 16.8 Å². The number of rotatable bonds is 9. The van der Waals surface area contributed by atoms with Crippen molar-refractivity contribution in [2.75, 3.05) is 46.6 Å². The van der Waals surface area contributed by atoms with E-state index in [-0.39, 0.29) is 11.9 Å². The summed E-state index contributed by atoms with van der Waals surface area (Å²) >= 11 is 0. The van der Waals surface area contributed by atoms with Crippen molar-refractivity contribution in [3.63, 3.8) is 0 Å². The SMILES string of the molecule is CCOC(=O)C1CCC(NC(=NC)NCCCOCC2CCOCC2)CC1. The maximum atomic E-state index is 11.8. The molecule has 2 aliphatic rings. The van der Waals surface area contributed by atoms with Crippen LogP contribution in [0.15, 0.2) is 4.99 Å². The zero-order valence-electron chi connectivity index (χ0n) is 17.0. The van der Waals surface area contributed by atoms with Gasteiger partial charge in [-0.05, 0) is 57.8 Å². The molecule has 0 amide bonds. The van der Waals surface area contributed by atoms with Crippen LogP contribution in [0.4, 0.5) is 0 Å². The fraction of sp³-hybridized carbons (Fsp3) is 0.900. The number of ether oxygens (including phenoxy) is 3.